The standard InChI is InChI=1S/C69H110O6/c1-4-7-10-13-16-19-22-24-26-28-30-31-32-33-34-35-36-37-38-39-40-42-43-45-47-50-53-56-59-62-68(71)74-65-66(64-73-67(70)61-58-55-52-49-21-18-15-12-9-6-3)75-69(72)63-60-57-54-51-48-46-44-41-29-27-25-23-20-17-14-11-8-5-2/h7,10,12,15-16,19-20,23-24,26-27,29-31,33-34,36-37,39-40,43,45,50,53,66H,4-6,8-9,11,13-14,17-18,21-22,25,28,32,35,38,41-42,44,46-49,51-52,54-65H2,1-3H3/b10-7-,15-12-,19-16-,23-20-,26-24-,29-27-,31-30-,34-33-,37-36-,40-39-,45-43-,53-50-. The number of rotatable bonds is 53. The van der Waals surface area contributed by atoms with E-state index in [-0.39, 0.29) is 37.5 Å². The van der Waals surface area contributed by atoms with E-state index in [9.17, 15) is 14.4 Å². The zero-order valence-electron chi connectivity index (χ0n) is 48.3. The summed E-state index contributed by atoms with van der Waals surface area (Å²) < 4.78 is 16.8. The van der Waals surface area contributed by atoms with Crippen LogP contribution in [0.15, 0.2) is 146 Å². The second-order valence-electron chi connectivity index (χ2n) is 19.5. The molecule has 0 fully saturated rings. The molecular formula is C69H110O6. The lowest BCUT2D eigenvalue weighted by Gasteiger charge is -2.18. The predicted octanol–water partition coefficient (Wildman–Crippen LogP) is 20.8. The fourth-order valence-corrected chi connectivity index (χ4v) is 7.77. The molecule has 0 bridgehead atoms. The normalized spacial score (nSPS) is 13.2. The molecule has 75 heavy (non-hydrogen) atoms. The van der Waals surface area contributed by atoms with E-state index in [2.05, 4.69) is 167 Å². The average Bonchev–Trinajstić information content (AvgIpc) is 3.41. The SMILES string of the molecule is CC/C=C\C/C=C\C/C=C\C/C=C\C/C=C\C/C=C\C/C=C\C/C=C\C/C=C\CCCC(=O)OCC(COC(=O)CCCCCCC/C=C\CCC)OC(=O)CCCCCCCCC/C=C\C/C=C\CCCCCC. The first kappa shape index (κ1) is 70.3. The number of hydrogen-bond acceptors (Lipinski definition) is 6. The number of ether oxygens (including phenoxy) is 3. The van der Waals surface area contributed by atoms with Crippen LogP contribution in [0.25, 0.3) is 0 Å². The summed E-state index contributed by atoms with van der Waals surface area (Å²) in [4.78, 5) is 38.1. The largest absolute Gasteiger partial charge is 0.462 e. The van der Waals surface area contributed by atoms with Crippen LogP contribution < -0.4 is 0 Å². The van der Waals surface area contributed by atoms with Gasteiger partial charge in [0.15, 0.2) is 6.10 Å². The van der Waals surface area contributed by atoms with Gasteiger partial charge in [0.1, 0.15) is 13.2 Å². The number of esters is 3. The predicted molar refractivity (Wildman–Crippen MR) is 325 cm³/mol. The summed E-state index contributed by atoms with van der Waals surface area (Å²) in [5, 5.41) is 0. The molecule has 6 heteroatoms. The third-order valence-electron chi connectivity index (χ3n) is 12.3. The summed E-state index contributed by atoms with van der Waals surface area (Å²) >= 11 is 0. The minimum absolute atomic E-state index is 0.109. The Kier molecular flexibility index (Phi) is 58.0. The van der Waals surface area contributed by atoms with Crippen molar-refractivity contribution in [2.24, 2.45) is 0 Å². The molecule has 0 aliphatic heterocycles. The van der Waals surface area contributed by atoms with Crippen LogP contribution in [0.5, 0.6) is 0 Å². The molecule has 1 unspecified atom stereocenters. The van der Waals surface area contributed by atoms with Gasteiger partial charge in [0.2, 0.25) is 0 Å². The van der Waals surface area contributed by atoms with E-state index >= 15 is 0 Å². The maximum absolute atomic E-state index is 12.9. The first-order valence-corrected chi connectivity index (χ1v) is 30.3. The van der Waals surface area contributed by atoms with Crippen molar-refractivity contribution in [3.05, 3.63) is 146 Å². The van der Waals surface area contributed by atoms with Crippen molar-refractivity contribution in [3.63, 3.8) is 0 Å². The molecule has 1 atom stereocenters. The lowest BCUT2D eigenvalue weighted by atomic mass is 10.1. The third-order valence-corrected chi connectivity index (χ3v) is 12.3. The van der Waals surface area contributed by atoms with Gasteiger partial charge < -0.3 is 14.2 Å². The van der Waals surface area contributed by atoms with E-state index in [1.807, 2.05) is 0 Å². The van der Waals surface area contributed by atoms with Crippen LogP contribution in [-0.4, -0.2) is 37.2 Å². The Balaban J connectivity index is 4.41. The van der Waals surface area contributed by atoms with Gasteiger partial charge in [0.05, 0.1) is 0 Å². The van der Waals surface area contributed by atoms with Crippen molar-refractivity contribution < 1.29 is 28.6 Å². The highest BCUT2D eigenvalue weighted by Gasteiger charge is 2.19. The Morgan fingerprint density at radius 2 is 0.560 bits per heavy atom. The lowest BCUT2D eigenvalue weighted by molar-refractivity contribution is -0.167. The maximum atomic E-state index is 12.9. The summed E-state index contributed by atoms with van der Waals surface area (Å²) in [6.07, 6.45) is 88.6. The van der Waals surface area contributed by atoms with E-state index < -0.39 is 6.10 Å². The highest BCUT2D eigenvalue weighted by molar-refractivity contribution is 5.71. The molecule has 0 amide bonds. The number of hydrogen-bond donors (Lipinski definition) is 0. The minimum Gasteiger partial charge on any atom is -0.462 e. The number of carbonyl (C=O) groups excluding carboxylic acids is 3. The second kappa shape index (κ2) is 61.8. The Bertz CT molecular complexity index is 1660. The minimum atomic E-state index is -0.815. The van der Waals surface area contributed by atoms with Gasteiger partial charge in [-0.15, -0.1) is 0 Å². The smallest absolute Gasteiger partial charge is 0.306 e. The van der Waals surface area contributed by atoms with Crippen molar-refractivity contribution >= 4 is 17.9 Å². The molecule has 0 N–H and O–H groups in total. The van der Waals surface area contributed by atoms with Crippen molar-refractivity contribution in [2.45, 2.75) is 258 Å². The highest BCUT2D eigenvalue weighted by atomic mass is 16.6. The molecule has 0 aromatic heterocycles. The van der Waals surface area contributed by atoms with Gasteiger partial charge in [0.25, 0.3) is 0 Å². The molecule has 422 valence electrons. The van der Waals surface area contributed by atoms with Gasteiger partial charge in [-0.3, -0.25) is 14.4 Å². The van der Waals surface area contributed by atoms with Crippen LogP contribution in [0.4, 0.5) is 0 Å². The third kappa shape index (κ3) is 60.0. The molecule has 0 aromatic carbocycles. The van der Waals surface area contributed by atoms with E-state index in [0.29, 0.717) is 19.3 Å². The summed E-state index contributed by atoms with van der Waals surface area (Å²) in [5.74, 6) is -0.994. The molecule has 0 aromatic rings. The monoisotopic (exact) mass is 1030 g/mol. The highest BCUT2D eigenvalue weighted by Crippen LogP contribution is 2.13. The van der Waals surface area contributed by atoms with Gasteiger partial charge in [0, 0.05) is 19.3 Å². The Labute approximate surface area is 461 Å². The van der Waals surface area contributed by atoms with Gasteiger partial charge in [-0.2, -0.15) is 0 Å². The van der Waals surface area contributed by atoms with Crippen LogP contribution in [0.2, 0.25) is 0 Å². The van der Waals surface area contributed by atoms with Crippen LogP contribution in [0, 0.1) is 0 Å². The number of carbonyl (C=O) groups is 3. The first-order valence-electron chi connectivity index (χ1n) is 30.3. The molecule has 0 spiro atoms. The molecule has 0 aliphatic rings. The Morgan fingerprint density at radius 3 is 0.933 bits per heavy atom. The molecule has 0 radical (unpaired) electrons. The number of unbranched alkanes of at least 4 members (excludes halogenated alkanes) is 18. The summed E-state index contributed by atoms with van der Waals surface area (Å²) in [6.45, 7) is 6.38. The Morgan fingerprint density at radius 1 is 0.280 bits per heavy atom. The average molecular weight is 1040 g/mol. The van der Waals surface area contributed by atoms with Gasteiger partial charge in [-0.25, -0.2) is 0 Å². The van der Waals surface area contributed by atoms with E-state index in [4.69, 9.17) is 14.2 Å². The maximum Gasteiger partial charge on any atom is 0.306 e. The van der Waals surface area contributed by atoms with Gasteiger partial charge in [-0.05, 0) is 135 Å². The number of allylic oxidation sites excluding steroid dienone is 24. The van der Waals surface area contributed by atoms with E-state index in [1.54, 1.807) is 0 Å². The van der Waals surface area contributed by atoms with Crippen LogP contribution >= 0.6 is 0 Å². The van der Waals surface area contributed by atoms with E-state index in [0.717, 1.165) is 135 Å². The molecule has 0 saturated carbocycles. The van der Waals surface area contributed by atoms with Gasteiger partial charge >= 0.3 is 17.9 Å². The van der Waals surface area contributed by atoms with Crippen LogP contribution in [0.1, 0.15) is 252 Å². The molecule has 0 heterocycles. The van der Waals surface area contributed by atoms with Gasteiger partial charge in [-0.1, -0.05) is 244 Å². The van der Waals surface area contributed by atoms with E-state index in [1.165, 1.54) is 70.6 Å². The molecular weight excluding hydrogens is 925 g/mol. The van der Waals surface area contributed by atoms with Crippen molar-refractivity contribution in [3.8, 4) is 0 Å². The second-order valence-corrected chi connectivity index (χ2v) is 19.5. The van der Waals surface area contributed by atoms with Crippen LogP contribution in [-0.2, 0) is 28.6 Å². The molecule has 0 saturated heterocycles. The summed E-state index contributed by atoms with van der Waals surface area (Å²) in [6, 6.07) is 0. The summed E-state index contributed by atoms with van der Waals surface area (Å²) in [7, 11) is 0. The Hall–Kier alpha value is -4.71. The lowest BCUT2D eigenvalue weighted by Crippen LogP contribution is -2.30. The first-order chi connectivity index (χ1) is 37.0. The zero-order chi connectivity index (χ0) is 54.3. The van der Waals surface area contributed by atoms with Crippen molar-refractivity contribution in [1.29, 1.82) is 0 Å². The van der Waals surface area contributed by atoms with Crippen LogP contribution in [0.3, 0.4) is 0 Å². The topological polar surface area (TPSA) is 78.9 Å². The molecule has 6 nitrogen and oxygen atoms in total. The fourth-order valence-electron chi connectivity index (χ4n) is 7.77. The molecule has 0 rings (SSSR count). The van der Waals surface area contributed by atoms with Crippen molar-refractivity contribution in [1.82, 2.24) is 0 Å². The summed E-state index contributed by atoms with van der Waals surface area (Å²) in [5.41, 5.74) is 0. The quantitative estimate of drug-likeness (QED) is 0.0261. The fraction of sp³-hybridized carbons (Fsp3) is 0.609. The zero-order valence-corrected chi connectivity index (χ0v) is 48.3. The molecule has 0 aliphatic carbocycles. The van der Waals surface area contributed by atoms with Crippen molar-refractivity contribution in [2.75, 3.05) is 13.2 Å².